The van der Waals surface area contributed by atoms with Crippen LogP contribution in [0.5, 0.6) is 0 Å². The van der Waals surface area contributed by atoms with Crippen molar-refractivity contribution >= 4 is 47.4 Å². The summed E-state index contributed by atoms with van der Waals surface area (Å²) in [7, 11) is 0. The van der Waals surface area contributed by atoms with E-state index in [-0.39, 0.29) is 24.2 Å². The van der Waals surface area contributed by atoms with Crippen LogP contribution in [0.2, 0.25) is 10.0 Å². The van der Waals surface area contributed by atoms with Crippen molar-refractivity contribution in [1.82, 2.24) is 9.80 Å². The van der Waals surface area contributed by atoms with Crippen LogP contribution >= 0.6 is 35.6 Å². The molecule has 8 heteroatoms. The zero-order chi connectivity index (χ0) is 17.0. The Labute approximate surface area is 158 Å². The van der Waals surface area contributed by atoms with Crippen LogP contribution in [0.15, 0.2) is 18.2 Å². The molecule has 2 N–H and O–H groups in total. The van der Waals surface area contributed by atoms with Gasteiger partial charge in [-0.2, -0.15) is 0 Å². The van der Waals surface area contributed by atoms with Crippen LogP contribution < -0.4 is 5.73 Å². The van der Waals surface area contributed by atoms with Crippen LogP contribution in [-0.4, -0.2) is 53.8 Å². The van der Waals surface area contributed by atoms with Crippen LogP contribution in [0.4, 0.5) is 0 Å². The molecule has 0 saturated carbocycles. The summed E-state index contributed by atoms with van der Waals surface area (Å²) in [6.45, 7) is 3.94. The molecule has 1 aromatic carbocycles. The van der Waals surface area contributed by atoms with E-state index in [0.29, 0.717) is 48.2 Å². The Bertz CT molecular complexity index is 590. The largest absolute Gasteiger partial charge is 0.338 e. The number of halogens is 3. The van der Waals surface area contributed by atoms with Gasteiger partial charge in [0.05, 0.1) is 16.6 Å². The van der Waals surface area contributed by atoms with Gasteiger partial charge in [-0.1, -0.05) is 36.5 Å². The molecule has 1 aliphatic heterocycles. The molecular formula is C16H22Cl3N3O2. The Morgan fingerprint density at radius 1 is 1.17 bits per heavy atom. The van der Waals surface area contributed by atoms with Gasteiger partial charge in [0.15, 0.2) is 0 Å². The van der Waals surface area contributed by atoms with Gasteiger partial charge in [-0.05, 0) is 24.6 Å². The number of hydrogen-bond acceptors (Lipinski definition) is 3. The smallest absolute Gasteiger partial charge is 0.255 e. The van der Waals surface area contributed by atoms with Crippen molar-refractivity contribution in [2.45, 2.75) is 25.8 Å². The lowest BCUT2D eigenvalue weighted by Crippen LogP contribution is -2.54. The molecule has 0 aromatic heterocycles. The number of piperazine rings is 1. The maximum Gasteiger partial charge on any atom is 0.255 e. The summed E-state index contributed by atoms with van der Waals surface area (Å²) in [5.74, 6) is -0.180. The average Bonchev–Trinajstić information content (AvgIpc) is 2.54. The Morgan fingerprint density at radius 3 is 2.29 bits per heavy atom. The molecule has 2 rings (SSSR count). The van der Waals surface area contributed by atoms with Crippen molar-refractivity contribution in [2.75, 3.05) is 26.2 Å². The van der Waals surface area contributed by atoms with Crippen LogP contribution in [0.3, 0.4) is 0 Å². The molecule has 1 aromatic rings. The third-order valence-corrected chi connectivity index (χ3v) is 4.50. The molecule has 1 unspecified atom stereocenters. The molecule has 1 atom stereocenters. The number of nitrogens with two attached hydrogens (primary N) is 1. The summed E-state index contributed by atoms with van der Waals surface area (Å²) in [6.07, 6.45) is 1.55. The minimum Gasteiger partial charge on any atom is -0.338 e. The van der Waals surface area contributed by atoms with Gasteiger partial charge in [0.1, 0.15) is 0 Å². The summed E-state index contributed by atoms with van der Waals surface area (Å²) >= 11 is 11.9. The number of carbonyl (C=O) groups is 2. The van der Waals surface area contributed by atoms with Gasteiger partial charge in [0.25, 0.3) is 5.91 Å². The molecule has 134 valence electrons. The highest BCUT2D eigenvalue weighted by Crippen LogP contribution is 2.22. The van der Waals surface area contributed by atoms with E-state index in [1.54, 1.807) is 28.0 Å². The van der Waals surface area contributed by atoms with Gasteiger partial charge in [0.2, 0.25) is 5.91 Å². The predicted molar refractivity (Wildman–Crippen MR) is 99.1 cm³/mol. The number of hydrogen-bond donors (Lipinski definition) is 1. The van der Waals surface area contributed by atoms with E-state index in [9.17, 15) is 9.59 Å². The van der Waals surface area contributed by atoms with Gasteiger partial charge in [-0.3, -0.25) is 9.59 Å². The fraction of sp³-hybridized carbons (Fsp3) is 0.500. The Morgan fingerprint density at radius 2 is 1.75 bits per heavy atom. The highest BCUT2D eigenvalue weighted by molar-refractivity contribution is 6.36. The molecule has 1 fully saturated rings. The van der Waals surface area contributed by atoms with Crippen molar-refractivity contribution in [2.24, 2.45) is 5.73 Å². The first-order chi connectivity index (χ1) is 10.9. The summed E-state index contributed by atoms with van der Waals surface area (Å²) in [4.78, 5) is 28.1. The van der Waals surface area contributed by atoms with E-state index in [1.807, 2.05) is 6.92 Å². The molecule has 0 aliphatic carbocycles. The van der Waals surface area contributed by atoms with Gasteiger partial charge in [-0.25, -0.2) is 0 Å². The van der Waals surface area contributed by atoms with E-state index in [1.165, 1.54) is 0 Å². The quantitative estimate of drug-likeness (QED) is 0.854. The molecular weight excluding hydrogens is 373 g/mol. The van der Waals surface area contributed by atoms with E-state index < -0.39 is 6.04 Å². The standard InChI is InChI=1S/C16H21Cl2N3O2.ClH/c1-2-3-14(19)16(23)21-8-6-20(7-9-21)15(22)12-5-4-11(17)10-13(12)18;/h4-5,10,14H,2-3,6-9,19H2,1H3;1H. The summed E-state index contributed by atoms with van der Waals surface area (Å²) in [5.41, 5.74) is 6.31. The highest BCUT2D eigenvalue weighted by atomic mass is 35.5. The minimum absolute atomic E-state index is 0. The first kappa shape index (κ1) is 21.0. The van der Waals surface area contributed by atoms with E-state index in [4.69, 9.17) is 28.9 Å². The van der Waals surface area contributed by atoms with E-state index in [2.05, 4.69) is 0 Å². The molecule has 0 radical (unpaired) electrons. The SMILES string of the molecule is CCCC(N)C(=O)N1CCN(C(=O)c2ccc(Cl)cc2Cl)CC1.Cl. The summed E-state index contributed by atoms with van der Waals surface area (Å²) in [5, 5.41) is 0.831. The van der Waals surface area contributed by atoms with Crippen molar-refractivity contribution in [3.8, 4) is 0 Å². The minimum atomic E-state index is -0.451. The topological polar surface area (TPSA) is 66.6 Å². The van der Waals surface area contributed by atoms with Crippen LogP contribution in [0, 0.1) is 0 Å². The van der Waals surface area contributed by atoms with E-state index in [0.717, 1.165) is 6.42 Å². The lowest BCUT2D eigenvalue weighted by molar-refractivity contribution is -0.134. The zero-order valence-corrected chi connectivity index (χ0v) is 15.8. The molecule has 1 saturated heterocycles. The number of rotatable bonds is 4. The lowest BCUT2D eigenvalue weighted by Gasteiger charge is -2.36. The van der Waals surface area contributed by atoms with Gasteiger partial charge in [0, 0.05) is 31.2 Å². The molecule has 0 spiro atoms. The number of benzene rings is 1. The number of nitrogens with zero attached hydrogens (tertiary/aromatic N) is 2. The first-order valence-corrected chi connectivity index (χ1v) is 8.48. The summed E-state index contributed by atoms with van der Waals surface area (Å²) in [6, 6.07) is 4.37. The molecule has 0 bridgehead atoms. The van der Waals surface area contributed by atoms with Gasteiger partial charge in [-0.15, -0.1) is 12.4 Å². The molecule has 1 aliphatic rings. The number of carbonyl (C=O) groups excluding carboxylic acids is 2. The molecule has 24 heavy (non-hydrogen) atoms. The second kappa shape index (κ2) is 9.47. The average molecular weight is 395 g/mol. The second-order valence-corrected chi connectivity index (χ2v) is 6.48. The van der Waals surface area contributed by atoms with Crippen LogP contribution in [0.25, 0.3) is 0 Å². The molecule has 2 amide bonds. The van der Waals surface area contributed by atoms with Crippen molar-refractivity contribution in [1.29, 1.82) is 0 Å². The van der Waals surface area contributed by atoms with Crippen molar-refractivity contribution in [3.05, 3.63) is 33.8 Å². The fourth-order valence-electron chi connectivity index (χ4n) is 2.63. The maximum atomic E-state index is 12.5. The van der Waals surface area contributed by atoms with Gasteiger partial charge >= 0.3 is 0 Å². The van der Waals surface area contributed by atoms with Crippen LogP contribution in [0.1, 0.15) is 30.1 Å². The predicted octanol–water partition coefficient (Wildman–Crippen LogP) is 2.83. The lowest BCUT2D eigenvalue weighted by atomic mass is 10.1. The fourth-order valence-corrected chi connectivity index (χ4v) is 3.12. The van der Waals surface area contributed by atoms with E-state index >= 15 is 0 Å². The zero-order valence-electron chi connectivity index (χ0n) is 13.5. The third-order valence-electron chi connectivity index (χ3n) is 3.96. The molecule has 5 nitrogen and oxygen atoms in total. The highest BCUT2D eigenvalue weighted by Gasteiger charge is 2.28. The Kier molecular flexibility index (Phi) is 8.30. The monoisotopic (exact) mass is 393 g/mol. The van der Waals surface area contributed by atoms with Crippen molar-refractivity contribution in [3.63, 3.8) is 0 Å². The second-order valence-electron chi connectivity index (χ2n) is 5.64. The summed E-state index contributed by atoms with van der Waals surface area (Å²) < 4.78 is 0. The number of amides is 2. The third kappa shape index (κ3) is 4.99. The Balaban J connectivity index is 0.00000288. The maximum absolute atomic E-state index is 12.5. The van der Waals surface area contributed by atoms with Gasteiger partial charge < -0.3 is 15.5 Å². The Hall–Kier alpha value is -1.01. The van der Waals surface area contributed by atoms with Crippen LogP contribution in [-0.2, 0) is 4.79 Å². The first-order valence-electron chi connectivity index (χ1n) is 7.72. The molecule has 1 heterocycles. The normalized spacial score (nSPS) is 15.7. The van der Waals surface area contributed by atoms with Crippen molar-refractivity contribution < 1.29 is 9.59 Å².